The molecule has 116 valence electrons. The highest BCUT2D eigenvalue weighted by molar-refractivity contribution is 6.02. The predicted octanol–water partition coefficient (Wildman–Crippen LogP) is 3.75. The van der Waals surface area contributed by atoms with Crippen LogP contribution >= 0.6 is 0 Å². The van der Waals surface area contributed by atoms with Crippen molar-refractivity contribution in [1.29, 1.82) is 0 Å². The molecule has 1 heterocycles. The van der Waals surface area contributed by atoms with E-state index in [1.165, 1.54) is 18.7 Å². The number of aromatic amines is 1. The van der Waals surface area contributed by atoms with E-state index in [0.717, 1.165) is 11.1 Å². The van der Waals surface area contributed by atoms with Gasteiger partial charge in [0.25, 0.3) is 0 Å². The lowest BCUT2D eigenvalue weighted by atomic mass is 10.1. The van der Waals surface area contributed by atoms with Crippen LogP contribution in [0.4, 0.5) is 0 Å². The highest BCUT2D eigenvalue weighted by atomic mass is 16.5. The van der Waals surface area contributed by atoms with Crippen molar-refractivity contribution in [3.63, 3.8) is 0 Å². The topological polar surface area (TPSA) is 75.2 Å². The van der Waals surface area contributed by atoms with Gasteiger partial charge in [-0.15, -0.1) is 0 Å². The first-order valence-electron chi connectivity index (χ1n) is 7.13. The van der Waals surface area contributed by atoms with Crippen LogP contribution < -0.4 is 4.74 Å². The van der Waals surface area contributed by atoms with E-state index in [1.54, 1.807) is 6.07 Å². The van der Waals surface area contributed by atoms with Crippen LogP contribution in [0.5, 0.6) is 5.75 Å². The number of nitrogens with zero attached hydrogens (tertiary/aromatic N) is 1. The third-order valence-electron chi connectivity index (χ3n) is 3.66. The smallest absolute Gasteiger partial charge is 0.339 e. The number of H-pyrrole nitrogens is 1. The zero-order chi connectivity index (χ0) is 16.4. The maximum Gasteiger partial charge on any atom is 0.339 e. The summed E-state index contributed by atoms with van der Waals surface area (Å²) in [5, 5.41) is 17.1. The normalized spacial score (nSPS) is 11.2. The molecule has 2 aromatic carbocycles. The van der Waals surface area contributed by atoms with Crippen LogP contribution in [-0.2, 0) is 0 Å². The summed E-state index contributed by atoms with van der Waals surface area (Å²) in [4.78, 5) is 11.3. The second kappa shape index (κ2) is 5.96. The molecule has 0 aliphatic heterocycles. The van der Waals surface area contributed by atoms with Crippen molar-refractivity contribution < 1.29 is 14.6 Å². The number of ether oxygens (including phenoxy) is 1. The Bertz CT molecular complexity index is 893. The zero-order valence-electron chi connectivity index (χ0n) is 12.8. The van der Waals surface area contributed by atoms with Crippen LogP contribution in [0, 0.1) is 6.92 Å². The van der Waals surface area contributed by atoms with Gasteiger partial charge in [-0.2, -0.15) is 5.10 Å². The Balaban J connectivity index is 2.09. The molecule has 0 aliphatic carbocycles. The molecule has 0 aliphatic rings. The number of aryl methyl sites for hydroxylation is 1. The number of hydrogen-bond donors (Lipinski definition) is 2. The van der Waals surface area contributed by atoms with E-state index < -0.39 is 5.97 Å². The molecular formula is C18H16N2O3. The van der Waals surface area contributed by atoms with Gasteiger partial charge in [-0.05, 0) is 30.7 Å². The minimum atomic E-state index is -1.03. The van der Waals surface area contributed by atoms with Gasteiger partial charge in [0.15, 0.2) is 0 Å². The monoisotopic (exact) mass is 308 g/mol. The fraction of sp³-hybridized carbons (Fsp3) is 0.111. The molecule has 0 fully saturated rings. The minimum absolute atomic E-state index is 0.117. The quantitative estimate of drug-likeness (QED) is 0.769. The molecule has 0 spiro atoms. The first kappa shape index (κ1) is 14.8. The van der Waals surface area contributed by atoms with Gasteiger partial charge in [-0.1, -0.05) is 35.9 Å². The van der Waals surface area contributed by atoms with Crippen molar-refractivity contribution in [2.24, 2.45) is 0 Å². The van der Waals surface area contributed by atoms with Crippen molar-refractivity contribution in [2.45, 2.75) is 6.92 Å². The number of hydrogen-bond acceptors (Lipinski definition) is 3. The van der Waals surface area contributed by atoms with E-state index in [4.69, 9.17) is 4.74 Å². The Hall–Kier alpha value is -3.08. The molecule has 1 aromatic heterocycles. The van der Waals surface area contributed by atoms with Gasteiger partial charge in [-0.25, -0.2) is 4.79 Å². The summed E-state index contributed by atoms with van der Waals surface area (Å²) < 4.78 is 5.31. The first-order valence-corrected chi connectivity index (χ1v) is 7.13. The second-order valence-corrected chi connectivity index (χ2v) is 5.23. The van der Waals surface area contributed by atoms with Gasteiger partial charge >= 0.3 is 5.97 Å². The van der Waals surface area contributed by atoms with Crippen molar-refractivity contribution in [1.82, 2.24) is 10.2 Å². The summed E-state index contributed by atoms with van der Waals surface area (Å²) >= 11 is 0. The summed E-state index contributed by atoms with van der Waals surface area (Å²) in [6.45, 7) is 2.03. The van der Waals surface area contributed by atoms with Gasteiger partial charge in [0.05, 0.1) is 23.7 Å². The molecule has 0 radical (unpaired) electrons. The number of nitrogens with one attached hydrogen (secondary N) is 1. The van der Waals surface area contributed by atoms with E-state index >= 15 is 0 Å². The number of benzene rings is 2. The van der Waals surface area contributed by atoms with E-state index in [1.807, 2.05) is 43.3 Å². The van der Waals surface area contributed by atoms with Crippen molar-refractivity contribution >= 4 is 29.0 Å². The van der Waals surface area contributed by atoms with Gasteiger partial charge in [0.1, 0.15) is 11.3 Å². The van der Waals surface area contributed by atoms with Crippen LogP contribution in [0.3, 0.4) is 0 Å². The summed E-state index contributed by atoms with van der Waals surface area (Å²) in [5.74, 6) is -0.717. The lowest BCUT2D eigenvalue weighted by Crippen LogP contribution is -2.00. The Morgan fingerprint density at radius 3 is 2.57 bits per heavy atom. The van der Waals surface area contributed by atoms with Gasteiger partial charge < -0.3 is 9.84 Å². The standard InChI is InChI=1S/C18H16N2O3/c1-11-3-5-12(6-4-11)7-9-14-16-15(20-19-14)10-8-13(18(21)22)17(16)23-2/h3-10H,1-2H3,(H,19,20)(H,21,22)/b9-7+. The maximum absolute atomic E-state index is 11.3. The molecule has 2 N–H and O–H groups in total. The summed E-state index contributed by atoms with van der Waals surface area (Å²) in [5.41, 5.74) is 3.72. The molecule has 0 bridgehead atoms. The third kappa shape index (κ3) is 2.81. The average molecular weight is 308 g/mol. The Labute approximate surface area is 133 Å². The van der Waals surface area contributed by atoms with E-state index in [0.29, 0.717) is 16.8 Å². The Morgan fingerprint density at radius 2 is 1.91 bits per heavy atom. The fourth-order valence-corrected chi connectivity index (χ4v) is 2.46. The van der Waals surface area contributed by atoms with E-state index in [9.17, 15) is 9.90 Å². The van der Waals surface area contributed by atoms with Crippen molar-refractivity contribution in [2.75, 3.05) is 7.11 Å². The molecule has 3 rings (SSSR count). The largest absolute Gasteiger partial charge is 0.495 e. The molecule has 0 unspecified atom stereocenters. The van der Waals surface area contributed by atoms with Crippen LogP contribution in [0.1, 0.15) is 27.2 Å². The number of aromatic carboxylic acids is 1. The highest BCUT2D eigenvalue weighted by Gasteiger charge is 2.17. The molecule has 5 nitrogen and oxygen atoms in total. The van der Waals surface area contributed by atoms with Crippen LogP contribution in [0.25, 0.3) is 23.1 Å². The number of methoxy groups -OCH3 is 1. The second-order valence-electron chi connectivity index (χ2n) is 5.23. The highest BCUT2D eigenvalue weighted by Crippen LogP contribution is 2.32. The summed E-state index contributed by atoms with van der Waals surface area (Å²) in [6.07, 6.45) is 3.78. The van der Waals surface area contributed by atoms with Gasteiger partial charge in [0, 0.05) is 0 Å². The number of carboxylic acids is 1. The minimum Gasteiger partial charge on any atom is -0.495 e. The number of aromatic nitrogens is 2. The SMILES string of the molecule is COc1c(C(=O)O)ccc2[nH]nc(/C=C/c3ccc(C)cc3)c12. The Kier molecular flexibility index (Phi) is 3.85. The van der Waals surface area contributed by atoms with Gasteiger partial charge in [0.2, 0.25) is 0 Å². The van der Waals surface area contributed by atoms with Crippen molar-refractivity contribution in [3.8, 4) is 5.75 Å². The molecule has 3 aromatic rings. The number of carbonyl (C=O) groups is 1. The van der Waals surface area contributed by atoms with Crippen LogP contribution in [-0.4, -0.2) is 28.4 Å². The fourth-order valence-electron chi connectivity index (χ4n) is 2.46. The average Bonchev–Trinajstić information content (AvgIpc) is 2.96. The summed E-state index contributed by atoms with van der Waals surface area (Å²) in [7, 11) is 1.46. The molecule has 23 heavy (non-hydrogen) atoms. The molecular weight excluding hydrogens is 292 g/mol. The van der Waals surface area contributed by atoms with E-state index in [2.05, 4.69) is 10.2 Å². The maximum atomic E-state index is 11.3. The lowest BCUT2D eigenvalue weighted by molar-refractivity contribution is 0.0693. The zero-order valence-corrected chi connectivity index (χ0v) is 12.8. The molecule has 0 amide bonds. The third-order valence-corrected chi connectivity index (χ3v) is 3.66. The van der Waals surface area contributed by atoms with Gasteiger partial charge in [-0.3, -0.25) is 5.10 Å². The van der Waals surface area contributed by atoms with Crippen LogP contribution in [0.15, 0.2) is 36.4 Å². The number of carboxylic acid groups (broad SMARTS) is 1. The Morgan fingerprint density at radius 1 is 1.17 bits per heavy atom. The number of rotatable bonds is 4. The first-order chi connectivity index (χ1) is 11.1. The predicted molar refractivity (Wildman–Crippen MR) is 89.7 cm³/mol. The lowest BCUT2D eigenvalue weighted by Gasteiger charge is -2.06. The molecule has 0 saturated heterocycles. The molecule has 5 heteroatoms. The summed E-state index contributed by atoms with van der Waals surface area (Å²) in [6, 6.07) is 11.3. The number of fused-ring (bicyclic) bond motifs is 1. The molecule has 0 atom stereocenters. The van der Waals surface area contributed by atoms with E-state index in [-0.39, 0.29) is 5.56 Å². The molecule has 0 saturated carbocycles. The van der Waals surface area contributed by atoms with Crippen molar-refractivity contribution in [3.05, 3.63) is 58.8 Å². The van der Waals surface area contributed by atoms with Crippen LogP contribution in [0.2, 0.25) is 0 Å².